The van der Waals surface area contributed by atoms with E-state index >= 15 is 0 Å². The number of carboxylic acids is 1. The van der Waals surface area contributed by atoms with Gasteiger partial charge < -0.3 is 10.4 Å². The molecule has 9 heteroatoms. The van der Waals surface area contributed by atoms with Crippen LogP contribution in [0.2, 0.25) is 0 Å². The molecule has 1 aromatic carbocycles. The molecule has 0 radical (unpaired) electrons. The van der Waals surface area contributed by atoms with Crippen molar-refractivity contribution in [3.63, 3.8) is 0 Å². The minimum Gasteiger partial charge on any atom is -0.480 e. The Balaban J connectivity index is 2.13. The number of hydrogen-bond acceptors (Lipinski definition) is 7. The predicted molar refractivity (Wildman–Crippen MR) is 94.8 cm³/mol. The number of anilines is 1. The number of nitro benzene ring substituents is 1. The first-order chi connectivity index (χ1) is 12.0. The maximum absolute atomic E-state index is 11.3. The van der Waals surface area contributed by atoms with Crippen LogP contribution in [-0.4, -0.2) is 32.0 Å². The number of nitrogens with one attached hydrogen (secondary N) is 1. The second kappa shape index (κ2) is 6.81. The molecule has 2 aromatic heterocycles. The van der Waals surface area contributed by atoms with Crippen molar-refractivity contribution in [3.05, 3.63) is 46.1 Å². The van der Waals surface area contributed by atoms with Crippen molar-refractivity contribution in [1.29, 1.82) is 0 Å². The lowest BCUT2D eigenvalue weighted by atomic mass is 10.1. The van der Waals surface area contributed by atoms with Gasteiger partial charge in [0.2, 0.25) is 0 Å². The normalized spacial score (nSPS) is 12.0. The van der Waals surface area contributed by atoms with Crippen molar-refractivity contribution < 1.29 is 14.8 Å². The zero-order valence-electron chi connectivity index (χ0n) is 13.2. The fourth-order valence-electron chi connectivity index (χ4n) is 2.49. The number of nitro groups is 1. The SMILES string of the molecule is CCC(Nc1ncnc2scc(-c3cccc([N+](=O)[O-])c3)c12)C(=O)O. The third-order valence-electron chi connectivity index (χ3n) is 3.76. The summed E-state index contributed by atoms with van der Waals surface area (Å²) in [6.07, 6.45) is 1.75. The maximum Gasteiger partial charge on any atom is 0.326 e. The lowest BCUT2D eigenvalue weighted by Crippen LogP contribution is -2.28. The minimum absolute atomic E-state index is 0.0137. The molecule has 128 valence electrons. The van der Waals surface area contributed by atoms with E-state index in [1.165, 1.54) is 29.8 Å². The Hall–Kier alpha value is -3.07. The highest BCUT2D eigenvalue weighted by Gasteiger charge is 2.20. The Kier molecular flexibility index (Phi) is 4.57. The fourth-order valence-corrected chi connectivity index (χ4v) is 3.40. The van der Waals surface area contributed by atoms with E-state index in [4.69, 9.17) is 0 Å². The molecule has 1 atom stereocenters. The average Bonchev–Trinajstić information content (AvgIpc) is 3.04. The Morgan fingerprint density at radius 3 is 2.92 bits per heavy atom. The van der Waals surface area contributed by atoms with Gasteiger partial charge in [0.25, 0.3) is 5.69 Å². The van der Waals surface area contributed by atoms with Crippen LogP contribution in [0.25, 0.3) is 21.3 Å². The van der Waals surface area contributed by atoms with Gasteiger partial charge in [0.05, 0.1) is 10.3 Å². The molecule has 0 amide bonds. The van der Waals surface area contributed by atoms with E-state index in [0.29, 0.717) is 28.0 Å². The number of carbonyl (C=O) groups is 1. The Morgan fingerprint density at radius 2 is 2.24 bits per heavy atom. The van der Waals surface area contributed by atoms with Crippen LogP contribution in [0.15, 0.2) is 36.0 Å². The quantitative estimate of drug-likeness (QED) is 0.511. The smallest absolute Gasteiger partial charge is 0.326 e. The monoisotopic (exact) mass is 358 g/mol. The van der Waals surface area contributed by atoms with Crippen LogP contribution in [0.1, 0.15) is 13.3 Å². The summed E-state index contributed by atoms with van der Waals surface area (Å²) in [7, 11) is 0. The standard InChI is InChI=1S/C16H14N4O4S/c1-2-12(16(21)22)19-14-13-11(7-25-15(13)18-8-17-14)9-4-3-5-10(6-9)20(23)24/h3-8,12H,2H2,1H3,(H,21,22)(H,17,18,19). The molecule has 1 unspecified atom stereocenters. The molecule has 0 aliphatic heterocycles. The van der Waals surface area contributed by atoms with Crippen molar-refractivity contribution in [2.45, 2.75) is 19.4 Å². The number of carboxylic acid groups (broad SMARTS) is 1. The molecular weight excluding hydrogens is 344 g/mol. The Bertz CT molecular complexity index is 956. The lowest BCUT2D eigenvalue weighted by molar-refractivity contribution is -0.384. The molecule has 0 bridgehead atoms. The van der Waals surface area contributed by atoms with Crippen LogP contribution in [0.5, 0.6) is 0 Å². The summed E-state index contributed by atoms with van der Waals surface area (Å²) in [4.78, 5) is 30.9. The van der Waals surface area contributed by atoms with Gasteiger partial charge in [0.1, 0.15) is 23.0 Å². The van der Waals surface area contributed by atoms with Crippen LogP contribution in [-0.2, 0) is 4.79 Å². The lowest BCUT2D eigenvalue weighted by Gasteiger charge is -2.14. The van der Waals surface area contributed by atoms with Gasteiger partial charge in [-0.1, -0.05) is 19.1 Å². The second-order valence-electron chi connectivity index (χ2n) is 5.30. The number of nitrogens with zero attached hydrogens (tertiary/aromatic N) is 3. The third-order valence-corrected chi connectivity index (χ3v) is 4.64. The summed E-state index contributed by atoms with van der Waals surface area (Å²) in [5.41, 5.74) is 1.37. The van der Waals surface area contributed by atoms with Crippen molar-refractivity contribution in [1.82, 2.24) is 9.97 Å². The van der Waals surface area contributed by atoms with E-state index < -0.39 is 16.9 Å². The van der Waals surface area contributed by atoms with E-state index in [0.717, 1.165) is 5.56 Å². The number of fused-ring (bicyclic) bond motifs is 1. The molecule has 8 nitrogen and oxygen atoms in total. The topological polar surface area (TPSA) is 118 Å². The van der Waals surface area contributed by atoms with E-state index in [1.54, 1.807) is 19.1 Å². The molecule has 0 saturated heterocycles. The highest BCUT2D eigenvalue weighted by molar-refractivity contribution is 7.17. The van der Waals surface area contributed by atoms with Gasteiger partial charge >= 0.3 is 5.97 Å². The highest BCUT2D eigenvalue weighted by atomic mass is 32.1. The largest absolute Gasteiger partial charge is 0.480 e. The summed E-state index contributed by atoms with van der Waals surface area (Å²) >= 11 is 1.37. The zero-order valence-corrected chi connectivity index (χ0v) is 14.0. The number of benzene rings is 1. The summed E-state index contributed by atoms with van der Waals surface area (Å²) in [6, 6.07) is 5.49. The molecule has 2 N–H and O–H groups in total. The average molecular weight is 358 g/mol. The van der Waals surface area contributed by atoms with Crippen molar-refractivity contribution in [2.75, 3.05) is 5.32 Å². The number of non-ortho nitro benzene ring substituents is 1. The number of aliphatic carboxylic acids is 1. The minimum atomic E-state index is -0.971. The maximum atomic E-state index is 11.3. The number of rotatable bonds is 6. The number of aromatic nitrogens is 2. The first kappa shape index (κ1) is 16.8. The van der Waals surface area contributed by atoms with Gasteiger partial charge in [-0.15, -0.1) is 11.3 Å². The summed E-state index contributed by atoms with van der Waals surface area (Å²) in [5, 5.41) is 25.7. The molecule has 0 aliphatic carbocycles. The number of thiophene rings is 1. The van der Waals surface area contributed by atoms with E-state index in [-0.39, 0.29) is 5.69 Å². The van der Waals surface area contributed by atoms with Crippen LogP contribution in [0, 0.1) is 10.1 Å². The Labute approximate surface area is 146 Å². The van der Waals surface area contributed by atoms with Gasteiger partial charge in [0, 0.05) is 23.1 Å². The molecule has 0 aliphatic rings. The molecule has 25 heavy (non-hydrogen) atoms. The van der Waals surface area contributed by atoms with E-state index in [9.17, 15) is 20.0 Å². The van der Waals surface area contributed by atoms with Gasteiger partial charge in [0.15, 0.2) is 0 Å². The summed E-state index contributed by atoms with van der Waals surface area (Å²) < 4.78 is 0. The van der Waals surface area contributed by atoms with Crippen molar-refractivity contribution in [2.24, 2.45) is 0 Å². The van der Waals surface area contributed by atoms with Crippen LogP contribution < -0.4 is 5.32 Å². The van der Waals surface area contributed by atoms with E-state index in [2.05, 4.69) is 15.3 Å². The fraction of sp³-hybridized carbons (Fsp3) is 0.188. The van der Waals surface area contributed by atoms with Crippen LogP contribution >= 0.6 is 11.3 Å². The second-order valence-corrected chi connectivity index (χ2v) is 6.16. The predicted octanol–water partition coefficient (Wildman–Crippen LogP) is 3.54. The van der Waals surface area contributed by atoms with E-state index in [1.807, 2.05) is 5.38 Å². The molecule has 3 rings (SSSR count). The van der Waals surface area contributed by atoms with Gasteiger partial charge in [-0.3, -0.25) is 10.1 Å². The molecule has 0 saturated carbocycles. The van der Waals surface area contributed by atoms with Crippen LogP contribution in [0.3, 0.4) is 0 Å². The first-order valence-corrected chi connectivity index (χ1v) is 8.35. The first-order valence-electron chi connectivity index (χ1n) is 7.47. The summed E-state index contributed by atoms with van der Waals surface area (Å²) in [6.45, 7) is 1.76. The molecule has 0 fully saturated rings. The molecule has 2 heterocycles. The molecule has 0 spiro atoms. The zero-order chi connectivity index (χ0) is 18.0. The molecular formula is C16H14N4O4S. The summed E-state index contributed by atoms with van der Waals surface area (Å²) in [5.74, 6) is -0.566. The van der Waals surface area contributed by atoms with Gasteiger partial charge in [-0.2, -0.15) is 0 Å². The van der Waals surface area contributed by atoms with Gasteiger partial charge in [-0.05, 0) is 12.0 Å². The van der Waals surface area contributed by atoms with Crippen LogP contribution in [0.4, 0.5) is 11.5 Å². The highest BCUT2D eigenvalue weighted by Crippen LogP contribution is 2.37. The Morgan fingerprint density at radius 1 is 1.44 bits per heavy atom. The van der Waals surface area contributed by atoms with Gasteiger partial charge in [-0.25, -0.2) is 14.8 Å². The number of hydrogen-bond donors (Lipinski definition) is 2. The van der Waals surface area contributed by atoms with Crippen molar-refractivity contribution in [3.8, 4) is 11.1 Å². The molecule has 3 aromatic rings. The third kappa shape index (κ3) is 3.26. The van der Waals surface area contributed by atoms with Crippen molar-refractivity contribution >= 4 is 39.0 Å².